The Bertz CT molecular complexity index is 803. The number of nitrogens with one attached hydrogen (secondary N) is 2. The van der Waals surface area contributed by atoms with E-state index < -0.39 is 15.9 Å². The number of aromatic nitrogens is 1. The van der Waals surface area contributed by atoms with Crippen molar-refractivity contribution < 1.29 is 13.2 Å². The first kappa shape index (κ1) is 14.6. The van der Waals surface area contributed by atoms with Gasteiger partial charge in [-0.25, -0.2) is 18.2 Å². The van der Waals surface area contributed by atoms with Gasteiger partial charge in [0.2, 0.25) is 0 Å². The average molecular weight is 346 g/mol. The number of sulfone groups is 1. The van der Waals surface area contributed by atoms with Crippen LogP contribution in [-0.2, 0) is 9.84 Å². The highest BCUT2D eigenvalue weighted by Crippen LogP contribution is 2.28. The van der Waals surface area contributed by atoms with E-state index in [0.29, 0.717) is 16.6 Å². The summed E-state index contributed by atoms with van der Waals surface area (Å²) in [4.78, 5) is 16.1. The average Bonchev–Trinajstić information content (AvgIpc) is 2.91. The van der Waals surface area contributed by atoms with Crippen molar-refractivity contribution in [3.05, 3.63) is 23.2 Å². The number of rotatable bonds is 2. The van der Waals surface area contributed by atoms with E-state index in [9.17, 15) is 13.2 Å². The molecule has 1 saturated heterocycles. The Morgan fingerprint density at radius 2 is 2.24 bits per heavy atom. The third-order valence-electron chi connectivity index (χ3n) is 3.14. The summed E-state index contributed by atoms with van der Waals surface area (Å²) in [6.45, 7) is 0. The number of nitrogens with zero attached hydrogens (tertiary/aromatic N) is 1. The highest BCUT2D eigenvalue weighted by molar-refractivity contribution is 7.91. The summed E-state index contributed by atoms with van der Waals surface area (Å²) >= 11 is 7.21. The Morgan fingerprint density at radius 3 is 2.95 bits per heavy atom. The zero-order valence-corrected chi connectivity index (χ0v) is 13.2. The van der Waals surface area contributed by atoms with E-state index in [1.54, 1.807) is 18.2 Å². The van der Waals surface area contributed by atoms with Gasteiger partial charge in [0, 0.05) is 11.1 Å². The lowest BCUT2D eigenvalue weighted by Gasteiger charge is -2.10. The Morgan fingerprint density at radius 1 is 1.43 bits per heavy atom. The number of amides is 2. The van der Waals surface area contributed by atoms with E-state index in [1.807, 2.05) is 0 Å². The van der Waals surface area contributed by atoms with E-state index in [4.69, 9.17) is 11.6 Å². The Hall–Kier alpha value is -1.38. The molecule has 0 bridgehead atoms. The second kappa shape index (κ2) is 5.43. The van der Waals surface area contributed by atoms with Crippen LogP contribution in [-0.4, -0.2) is 37.0 Å². The molecule has 2 N–H and O–H groups in total. The molecule has 9 heteroatoms. The first-order valence-corrected chi connectivity index (χ1v) is 9.27. The molecule has 1 fully saturated rings. The zero-order valence-electron chi connectivity index (χ0n) is 10.8. The van der Waals surface area contributed by atoms with Crippen LogP contribution in [0.15, 0.2) is 18.2 Å². The van der Waals surface area contributed by atoms with Gasteiger partial charge < -0.3 is 5.32 Å². The molecule has 2 heterocycles. The molecule has 0 saturated carbocycles. The third kappa shape index (κ3) is 3.45. The first-order valence-electron chi connectivity index (χ1n) is 6.25. The molecule has 1 aliphatic heterocycles. The van der Waals surface area contributed by atoms with Gasteiger partial charge in [-0.05, 0) is 24.6 Å². The number of fused-ring (bicyclic) bond motifs is 1. The quantitative estimate of drug-likeness (QED) is 0.873. The molecule has 0 radical (unpaired) electrons. The summed E-state index contributed by atoms with van der Waals surface area (Å²) < 4.78 is 23.5. The minimum atomic E-state index is -3.01. The number of halogens is 1. The van der Waals surface area contributed by atoms with Gasteiger partial charge in [0.25, 0.3) is 0 Å². The fourth-order valence-corrected chi connectivity index (χ4v) is 4.99. The number of thiazole rings is 1. The minimum Gasteiger partial charge on any atom is -0.334 e. The van der Waals surface area contributed by atoms with Crippen molar-refractivity contribution in [2.45, 2.75) is 12.5 Å². The third-order valence-corrected chi connectivity index (χ3v) is 6.08. The van der Waals surface area contributed by atoms with Crippen molar-refractivity contribution in [3.63, 3.8) is 0 Å². The first-order chi connectivity index (χ1) is 9.91. The highest BCUT2D eigenvalue weighted by Gasteiger charge is 2.29. The summed E-state index contributed by atoms with van der Waals surface area (Å²) in [7, 11) is -3.01. The lowest BCUT2D eigenvalue weighted by atomic mass is 10.3. The van der Waals surface area contributed by atoms with Gasteiger partial charge in [-0.15, -0.1) is 0 Å². The van der Waals surface area contributed by atoms with E-state index in [-0.39, 0.29) is 17.5 Å². The number of urea groups is 1. The second-order valence-corrected chi connectivity index (χ2v) is 8.53. The van der Waals surface area contributed by atoms with E-state index in [2.05, 4.69) is 15.6 Å². The molecule has 0 aliphatic carbocycles. The van der Waals surface area contributed by atoms with E-state index in [0.717, 1.165) is 10.2 Å². The number of carbonyl (C=O) groups is 1. The topological polar surface area (TPSA) is 88.2 Å². The molecule has 3 rings (SSSR count). The predicted octanol–water partition coefficient (Wildman–Crippen LogP) is 2.26. The van der Waals surface area contributed by atoms with Crippen LogP contribution in [0.3, 0.4) is 0 Å². The van der Waals surface area contributed by atoms with Crippen molar-refractivity contribution in [1.82, 2.24) is 10.3 Å². The summed E-state index contributed by atoms with van der Waals surface area (Å²) in [5.74, 6) is 0.119. The van der Waals surface area contributed by atoms with Gasteiger partial charge in [0.1, 0.15) is 0 Å². The fourth-order valence-electron chi connectivity index (χ4n) is 2.18. The van der Waals surface area contributed by atoms with Gasteiger partial charge in [-0.2, -0.15) is 0 Å². The Balaban J connectivity index is 1.66. The van der Waals surface area contributed by atoms with Crippen LogP contribution >= 0.6 is 22.9 Å². The summed E-state index contributed by atoms with van der Waals surface area (Å²) in [6, 6.07) is 4.51. The fraction of sp³-hybridized carbons (Fsp3) is 0.333. The molecule has 1 atom stereocenters. The maximum absolute atomic E-state index is 11.8. The molecule has 1 unspecified atom stereocenters. The maximum Gasteiger partial charge on any atom is 0.321 e. The smallest absolute Gasteiger partial charge is 0.321 e. The monoisotopic (exact) mass is 345 g/mol. The van der Waals surface area contributed by atoms with Crippen molar-refractivity contribution in [2.75, 3.05) is 16.8 Å². The summed E-state index contributed by atoms with van der Waals surface area (Å²) in [6.07, 6.45) is 0.450. The van der Waals surface area contributed by atoms with Crippen LogP contribution < -0.4 is 10.6 Å². The minimum absolute atomic E-state index is 0.00409. The molecule has 112 valence electrons. The van der Waals surface area contributed by atoms with Crippen LogP contribution in [0.25, 0.3) is 10.2 Å². The molecule has 1 aromatic heterocycles. The lowest BCUT2D eigenvalue weighted by molar-refractivity contribution is 0.249. The standard InChI is InChI=1S/C12H12ClN3O3S2/c13-7-1-2-9-10(5-7)20-12(15-9)16-11(17)14-8-3-4-21(18,19)6-8/h1-2,5,8H,3-4,6H2,(H2,14,15,16,17). The van der Waals surface area contributed by atoms with Crippen LogP contribution in [0, 0.1) is 0 Å². The Labute approximate surface area is 130 Å². The maximum atomic E-state index is 11.8. The number of anilines is 1. The van der Waals surface area contributed by atoms with Crippen LogP contribution in [0.5, 0.6) is 0 Å². The largest absolute Gasteiger partial charge is 0.334 e. The number of carbonyl (C=O) groups excluding carboxylic acids is 1. The molecule has 0 spiro atoms. The van der Waals surface area contributed by atoms with E-state index >= 15 is 0 Å². The van der Waals surface area contributed by atoms with Gasteiger partial charge in [-0.3, -0.25) is 5.32 Å². The van der Waals surface area contributed by atoms with Crippen LogP contribution in [0.2, 0.25) is 5.02 Å². The van der Waals surface area contributed by atoms with Crippen molar-refractivity contribution in [2.24, 2.45) is 0 Å². The molecule has 6 nitrogen and oxygen atoms in total. The molecule has 1 aliphatic rings. The molecule has 2 aromatic rings. The number of hydrogen-bond donors (Lipinski definition) is 2. The van der Waals surface area contributed by atoms with Crippen LogP contribution in [0.1, 0.15) is 6.42 Å². The SMILES string of the molecule is O=C(Nc1nc2ccc(Cl)cc2s1)NC1CCS(=O)(=O)C1. The molecular formula is C12H12ClN3O3S2. The van der Waals surface area contributed by atoms with Gasteiger partial charge in [0.05, 0.1) is 21.7 Å². The van der Waals surface area contributed by atoms with Gasteiger partial charge >= 0.3 is 6.03 Å². The van der Waals surface area contributed by atoms with Crippen LogP contribution in [0.4, 0.5) is 9.93 Å². The number of benzene rings is 1. The molecule has 2 amide bonds. The normalized spacial score (nSPS) is 20.5. The van der Waals surface area contributed by atoms with Crippen molar-refractivity contribution in [3.8, 4) is 0 Å². The Kier molecular flexibility index (Phi) is 3.76. The van der Waals surface area contributed by atoms with Crippen molar-refractivity contribution in [1.29, 1.82) is 0 Å². The second-order valence-electron chi connectivity index (χ2n) is 4.83. The summed E-state index contributed by atoms with van der Waals surface area (Å²) in [5, 5.41) is 6.33. The molecule has 21 heavy (non-hydrogen) atoms. The zero-order chi connectivity index (χ0) is 15.0. The van der Waals surface area contributed by atoms with Gasteiger partial charge in [0.15, 0.2) is 15.0 Å². The van der Waals surface area contributed by atoms with Crippen molar-refractivity contribution >= 4 is 54.2 Å². The summed E-state index contributed by atoms with van der Waals surface area (Å²) in [5.41, 5.74) is 0.753. The predicted molar refractivity (Wildman–Crippen MR) is 83.8 cm³/mol. The molecule has 1 aromatic carbocycles. The van der Waals surface area contributed by atoms with Gasteiger partial charge in [-0.1, -0.05) is 22.9 Å². The lowest BCUT2D eigenvalue weighted by Crippen LogP contribution is -2.38. The molecular weight excluding hydrogens is 334 g/mol. The van der Waals surface area contributed by atoms with E-state index in [1.165, 1.54) is 11.3 Å². The number of hydrogen-bond acceptors (Lipinski definition) is 5. The highest BCUT2D eigenvalue weighted by atomic mass is 35.5.